The molecule has 1 aliphatic heterocycles. The summed E-state index contributed by atoms with van der Waals surface area (Å²) in [5, 5.41) is 3.47. The zero-order chi connectivity index (χ0) is 12.0. The van der Waals surface area contributed by atoms with Crippen LogP contribution in [0.1, 0.15) is 46.5 Å². The molecule has 0 radical (unpaired) electrons. The van der Waals surface area contributed by atoms with E-state index in [1.165, 1.54) is 25.9 Å². The third kappa shape index (κ3) is 3.23. The monoisotopic (exact) mass is 222 g/mol. The summed E-state index contributed by atoms with van der Waals surface area (Å²) in [5.41, 5.74) is 0.251. The number of rotatable bonds is 5. The normalized spacial score (nSPS) is 19.2. The third-order valence-corrected chi connectivity index (χ3v) is 3.86. The summed E-state index contributed by atoms with van der Waals surface area (Å²) in [6, 6.07) is 0.534. The van der Waals surface area contributed by atoms with Gasteiger partial charge in [-0.3, -0.25) is 4.90 Å². The van der Waals surface area contributed by atoms with Gasteiger partial charge in [0.05, 0.1) is 0 Å². The Hall–Kier alpha value is -0.520. The molecule has 0 spiro atoms. The Morgan fingerprint density at radius 2 is 1.94 bits per heavy atom. The Morgan fingerprint density at radius 1 is 1.31 bits per heavy atom. The van der Waals surface area contributed by atoms with E-state index in [1.54, 1.807) is 0 Å². The lowest BCUT2D eigenvalue weighted by Gasteiger charge is -2.42. The molecule has 0 aromatic carbocycles. The highest BCUT2D eigenvalue weighted by molar-refractivity contribution is 5.00. The van der Waals surface area contributed by atoms with Gasteiger partial charge < -0.3 is 5.32 Å². The number of likely N-dealkylation sites (N-methyl/N-ethyl adjacent to an activating group) is 1. The van der Waals surface area contributed by atoms with Gasteiger partial charge in [0.2, 0.25) is 0 Å². The molecule has 2 heteroatoms. The fourth-order valence-corrected chi connectivity index (χ4v) is 2.71. The van der Waals surface area contributed by atoms with Crippen molar-refractivity contribution in [1.29, 1.82) is 0 Å². The first-order valence-corrected chi connectivity index (χ1v) is 6.45. The first-order valence-electron chi connectivity index (χ1n) is 6.45. The van der Waals surface area contributed by atoms with E-state index >= 15 is 0 Å². The maximum absolute atomic E-state index is 3.47. The van der Waals surface area contributed by atoms with Crippen LogP contribution < -0.4 is 5.32 Å². The molecule has 1 atom stereocenters. The molecule has 0 amide bonds. The van der Waals surface area contributed by atoms with Crippen LogP contribution in [0.15, 0.2) is 0 Å². The van der Waals surface area contributed by atoms with Crippen molar-refractivity contribution in [3.63, 3.8) is 0 Å². The molecule has 1 fully saturated rings. The smallest absolute Gasteiger partial charge is 0.0306 e. The molecule has 1 aliphatic rings. The molecule has 16 heavy (non-hydrogen) atoms. The second-order valence-corrected chi connectivity index (χ2v) is 5.15. The molecule has 0 bridgehead atoms. The van der Waals surface area contributed by atoms with Gasteiger partial charge in [-0.25, -0.2) is 0 Å². The molecule has 0 aromatic rings. The fourth-order valence-electron chi connectivity index (χ4n) is 2.71. The van der Waals surface area contributed by atoms with E-state index in [2.05, 4.69) is 43.0 Å². The van der Waals surface area contributed by atoms with E-state index in [1.807, 2.05) is 6.92 Å². The van der Waals surface area contributed by atoms with Crippen LogP contribution in [0.2, 0.25) is 0 Å². The highest BCUT2D eigenvalue weighted by Gasteiger charge is 2.35. The van der Waals surface area contributed by atoms with Crippen LogP contribution in [0.5, 0.6) is 0 Å². The van der Waals surface area contributed by atoms with Gasteiger partial charge >= 0.3 is 0 Å². The molecule has 92 valence electrons. The molecular weight excluding hydrogens is 196 g/mol. The first-order chi connectivity index (χ1) is 7.62. The van der Waals surface area contributed by atoms with E-state index in [0.29, 0.717) is 6.04 Å². The largest absolute Gasteiger partial charge is 0.315 e. The van der Waals surface area contributed by atoms with Crippen molar-refractivity contribution in [1.82, 2.24) is 10.2 Å². The lowest BCUT2D eigenvalue weighted by atomic mass is 9.89. The average Bonchev–Trinajstić information content (AvgIpc) is 2.78. The molecule has 1 heterocycles. The number of hydrogen-bond donors (Lipinski definition) is 1. The Bertz CT molecular complexity index is 254. The van der Waals surface area contributed by atoms with Gasteiger partial charge in [-0.1, -0.05) is 0 Å². The van der Waals surface area contributed by atoms with Crippen molar-refractivity contribution in [2.75, 3.05) is 20.1 Å². The van der Waals surface area contributed by atoms with Gasteiger partial charge in [-0.05, 0) is 60.2 Å². The summed E-state index contributed by atoms with van der Waals surface area (Å²) in [6.07, 6.45) is 4.85. The van der Waals surface area contributed by atoms with Gasteiger partial charge in [0.1, 0.15) is 0 Å². The molecule has 1 rings (SSSR count). The number of likely N-dealkylation sites (tertiary alicyclic amines) is 1. The van der Waals surface area contributed by atoms with Crippen LogP contribution in [-0.4, -0.2) is 36.6 Å². The summed E-state index contributed by atoms with van der Waals surface area (Å²) in [5.74, 6) is 6.14. The zero-order valence-corrected chi connectivity index (χ0v) is 11.3. The van der Waals surface area contributed by atoms with Crippen molar-refractivity contribution in [3.05, 3.63) is 0 Å². The second kappa shape index (κ2) is 6.27. The molecule has 1 saturated heterocycles. The lowest BCUT2D eigenvalue weighted by molar-refractivity contribution is 0.107. The zero-order valence-electron chi connectivity index (χ0n) is 11.3. The lowest BCUT2D eigenvalue weighted by Crippen LogP contribution is -2.56. The van der Waals surface area contributed by atoms with E-state index in [4.69, 9.17) is 0 Å². The Balaban J connectivity index is 2.56. The molecule has 1 N–H and O–H groups in total. The van der Waals surface area contributed by atoms with Gasteiger partial charge in [-0.15, -0.1) is 11.8 Å². The van der Waals surface area contributed by atoms with E-state index in [-0.39, 0.29) is 5.54 Å². The number of nitrogens with one attached hydrogen (secondary N) is 1. The van der Waals surface area contributed by atoms with E-state index in [9.17, 15) is 0 Å². The predicted molar refractivity (Wildman–Crippen MR) is 70.4 cm³/mol. The van der Waals surface area contributed by atoms with Crippen LogP contribution >= 0.6 is 0 Å². The van der Waals surface area contributed by atoms with Crippen molar-refractivity contribution < 1.29 is 0 Å². The second-order valence-electron chi connectivity index (χ2n) is 5.15. The molecular formula is C14H26N2. The Labute approximate surface area is 101 Å². The Morgan fingerprint density at radius 3 is 2.44 bits per heavy atom. The molecule has 0 aromatic heterocycles. The standard InChI is InChI=1S/C14H26N2/c1-5-6-7-10-13(15-4)14(2,3)16-11-8-9-12-16/h13,15H,7-12H2,1-4H3. The van der Waals surface area contributed by atoms with Crippen molar-refractivity contribution in [3.8, 4) is 11.8 Å². The summed E-state index contributed by atoms with van der Waals surface area (Å²) < 4.78 is 0. The van der Waals surface area contributed by atoms with E-state index < -0.39 is 0 Å². The van der Waals surface area contributed by atoms with Crippen molar-refractivity contribution >= 4 is 0 Å². The quantitative estimate of drug-likeness (QED) is 0.718. The molecule has 1 unspecified atom stereocenters. The third-order valence-electron chi connectivity index (χ3n) is 3.86. The van der Waals surface area contributed by atoms with Gasteiger partial charge in [-0.2, -0.15) is 0 Å². The number of hydrogen-bond acceptors (Lipinski definition) is 2. The van der Waals surface area contributed by atoms with Crippen molar-refractivity contribution in [2.45, 2.75) is 58.0 Å². The van der Waals surface area contributed by atoms with E-state index in [0.717, 1.165) is 12.8 Å². The summed E-state index contributed by atoms with van der Waals surface area (Å²) in [4.78, 5) is 2.62. The first kappa shape index (κ1) is 13.5. The Kier molecular flexibility index (Phi) is 5.31. The summed E-state index contributed by atoms with van der Waals surface area (Å²) in [7, 11) is 2.07. The molecule has 0 saturated carbocycles. The predicted octanol–water partition coefficient (Wildman–Crippen LogP) is 2.25. The molecule has 0 aliphatic carbocycles. The van der Waals surface area contributed by atoms with Gasteiger partial charge in [0.15, 0.2) is 0 Å². The maximum Gasteiger partial charge on any atom is 0.0306 e. The van der Waals surface area contributed by atoms with Gasteiger partial charge in [0.25, 0.3) is 0 Å². The van der Waals surface area contributed by atoms with Crippen LogP contribution in [0.4, 0.5) is 0 Å². The number of nitrogens with zero attached hydrogens (tertiary/aromatic N) is 1. The maximum atomic E-state index is 3.47. The van der Waals surface area contributed by atoms with Gasteiger partial charge in [0, 0.05) is 18.0 Å². The SMILES string of the molecule is CC#CCCC(NC)C(C)(C)N1CCCC1. The average molecular weight is 222 g/mol. The fraction of sp³-hybridized carbons (Fsp3) is 0.857. The highest BCUT2D eigenvalue weighted by atomic mass is 15.2. The van der Waals surface area contributed by atoms with Crippen LogP contribution in [0.25, 0.3) is 0 Å². The minimum absolute atomic E-state index is 0.251. The summed E-state index contributed by atoms with van der Waals surface area (Å²) in [6.45, 7) is 9.15. The minimum atomic E-state index is 0.251. The summed E-state index contributed by atoms with van der Waals surface area (Å²) >= 11 is 0. The van der Waals surface area contributed by atoms with Crippen LogP contribution in [-0.2, 0) is 0 Å². The molecule has 2 nitrogen and oxygen atoms in total. The topological polar surface area (TPSA) is 15.3 Å². The highest BCUT2D eigenvalue weighted by Crippen LogP contribution is 2.26. The van der Waals surface area contributed by atoms with Crippen molar-refractivity contribution in [2.24, 2.45) is 0 Å². The van der Waals surface area contributed by atoms with Crippen LogP contribution in [0, 0.1) is 11.8 Å². The minimum Gasteiger partial charge on any atom is -0.315 e. The van der Waals surface area contributed by atoms with Crippen LogP contribution in [0.3, 0.4) is 0 Å².